The fraction of sp³-hybridized carbons (Fsp3) is 0.900. The molecule has 2 aliphatic rings. The van der Waals surface area contributed by atoms with E-state index in [4.69, 9.17) is 32.4 Å². The number of carbonyl (C=O) groups is 2. The Labute approximate surface area is 169 Å². The molecule has 2 aliphatic carbocycles. The van der Waals surface area contributed by atoms with Crippen LogP contribution in [0.5, 0.6) is 0 Å². The molecular weight excluding hydrogens is 360 g/mol. The van der Waals surface area contributed by atoms with Crippen molar-refractivity contribution in [2.24, 2.45) is 34.8 Å². The molecule has 0 aromatic carbocycles. The predicted octanol–water partition coefficient (Wildman–Crippen LogP) is 0.785. The van der Waals surface area contributed by atoms with Crippen LogP contribution in [-0.2, 0) is 19.1 Å². The Bertz CT molecular complexity index is 481. The van der Waals surface area contributed by atoms with Gasteiger partial charge in [0, 0.05) is 12.1 Å². The highest BCUT2D eigenvalue weighted by atomic mass is 16.6. The molecule has 0 heterocycles. The molecule has 8 nitrogen and oxygen atoms in total. The van der Waals surface area contributed by atoms with Gasteiger partial charge < -0.3 is 32.4 Å². The van der Waals surface area contributed by atoms with E-state index >= 15 is 0 Å². The number of carbonyl (C=O) groups excluding carboxylic acids is 2. The molecule has 0 aromatic heterocycles. The third-order valence-electron chi connectivity index (χ3n) is 4.80. The molecule has 2 atom stereocenters. The minimum atomic E-state index is -0.506. The number of esters is 2. The lowest BCUT2D eigenvalue weighted by Crippen LogP contribution is -2.51. The van der Waals surface area contributed by atoms with Crippen molar-refractivity contribution < 1.29 is 19.1 Å². The minimum Gasteiger partial charge on any atom is -0.459 e. The average molecular weight is 401 g/mol. The van der Waals surface area contributed by atoms with E-state index in [9.17, 15) is 9.59 Å². The molecule has 0 saturated heterocycles. The van der Waals surface area contributed by atoms with E-state index in [2.05, 4.69) is 0 Å². The molecule has 8 heteroatoms. The van der Waals surface area contributed by atoms with Gasteiger partial charge >= 0.3 is 11.9 Å². The number of nitrogens with two attached hydrogens (primary N) is 4. The van der Waals surface area contributed by atoms with Crippen molar-refractivity contribution in [1.82, 2.24) is 0 Å². The second-order valence-corrected chi connectivity index (χ2v) is 10.1. The van der Waals surface area contributed by atoms with E-state index in [1.54, 1.807) is 0 Å². The summed E-state index contributed by atoms with van der Waals surface area (Å²) < 4.78 is 10.4. The van der Waals surface area contributed by atoms with Crippen molar-refractivity contribution in [3.63, 3.8) is 0 Å². The second-order valence-electron chi connectivity index (χ2n) is 10.1. The van der Waals surface area contributed by atoms with Crippen LogP contribution in [0.3, 0.4) is 0 Å². The van der Waals surface area contributed by atoms with Crippen LogP contribution >= 0.6 is 0 Å². The highest BCUT2D eigenvalue weighted by molar-refractivity contribution is 5.77. The van der Waals surface area contributed by atoms with Gasteiger partial charge in [0.25, 0.3) is 0 Å². The zero-order valence-corrected chi connectivity index (χ0v) is 18.2. The first-order chi connectivity index (χ1) is 12.6. The van der Waals surface area contributed by atoms with Crippen LogP contribution < -0.4 is 22.9 Å². The van der Waals surface area contributed by atoms with Crippen LogP contribution in [0.2, 0.25) is 0 Å². The number of hydrogen-bond donors (Lipinski definition) is 4. The molecule has 2 rings (SSSR count). The van der Waals surface area contributed by atoms with E-state index in [0.29, 0.717) is 0 Å². The standard InChI is InChI=1S/2C10H20N2O2/c2*1-10(2,3)14-9(13)8(12)6-4-7(11)5-6/h2*6-8H,4-5,11-12H2,1-3H3. The van der Waals surface area contributed by atoms with Crippen LogP contribution in [0, 0.1) is 11.8 Å². The molecule has 0 bridgehead atoms. The topological polar surface area (TPSA) is 157 Å². The van der Waals surface area contributed by atoms with E-state index in [1.807, 2.05) is 41.5 Å². The maximum atomic E-state index is 11.5. The predicted molar refractivity (Wildman–Crippen MR) is 109 cm³/mol. The monoisotopic (exact) mass is 400 g/mol. The first kappa shape index (κ1) is 24.8. The summed E-state index contributed by atoms with van der Waals surface area (Å²) >= 11 is 0. The van der Waals surface area contributed by atoms with Gasteiger partial charge in [0.15, 0.2) is 0 Å². The van der Waals surface area contributed by atoms with Crippen molar-refractivity contribution in [2.45, 2.75) is 103 Å². The van der Waals surface area contributed by atoms with Gasteiger partial charge in [-0.1, -0.05) is 0 Å². The fourth-order valence-electron chi connectivity index (χ4n) is 3.13. The van der Waals surface area contributed by atoms with Crippen LogP contribution in [0.1, 0.15) is 67.2 Å². The lowest BCUT2D eigenvalue weighted by Gasteiger charge is -2.36. The highest BCUT2D eigenvalue weighted by Gasteiger charge is 2.37. The largest absolute Gasteiger partial charge is 0.459 e. The van der Waals surface area contributed by atoms with E-state index in [1.165, 1.54) is 0 Å². The number of ether oxygens (including phenoxy) is 2. The summed E-state index contributed by atoms with van der Waals surface area (Å²) in [5.41, 5.74) is 21.9. The van der Waals surface area contributed by atoms with Crippen LogP contribution in [0.4, 0.5) is 0 Å². The van der Waals surface area contributed by atoms with Gasteiger partial charge in [0.2, 0.25) is 0 Å². The molecule has 8 N–H and O–H groups in total. The minimum absolute atomic E-state index is 0.208. The van der Waals surface area contributed by atoms with Crippen molar-refractivity contribution in [3.8, 4) is 0 Å². The van der Waals surface area contributed by atoms with Crippen LogP contribution in [-0.4, -0.2) is 47.3 Å². The first-order valence-electron chi connectivity index (χ1n) is 10.1. The van der Waals surface area contributed by atoms with Crippen LogP contribution in [0.25, 0.3) is 0 Å². The Morgan fingerprint density at radius 3 is 1.14 bits per heavy atom. The van der Waals surface area contributed by atoms with Gasteiger partial charge in [-0.15, -0.1) is 0 Å². The fourth-order valence-corrected chi connectivity index (χ4v) is 3.13. The number of hydrogen-bond acceptors (Lipinski definition) is 8. The van der Waals surface area contributed by atoms with Gasteiger partial charge in [0.1, 0.15) is 23.3 Å². The zero-order valence-electron chi connectivity index (χ0n) is 18.2. The van der Waals surface area contributed by atoms with Gasteiger partial charge in [-0.2, -0.15) is 0 Å². The Morgan fingerprint density at radius 1 is 0.714 bits per heavy atom. The summed E-state index contributed by atoms with van der Waals surface area (Å²) in [5.74, 6) is -0.205. The molecule has 0 radical (unpaired) electrons. The number of rotatable bonds is 4. The normalized spacial score (nSPS) is 29.2. The molecule has 0 aromatic rings. The molecule has 2 fully saturated rings. The van der Waals surface area contributed by atoms with Gasteiger partial charge in [-0.05, 0) is 79.1 Å². The third-order valence-corrected chi connectivity index (χ3v) is 4.80. The van der Waals surface area contributed by atoms with Gasteiger partial charge in [0.05, 0.1) is 0 Å². The molecule has 164 valence electrons. The Morgan fingerprint density at radius 2 is 0.964 bits per heavy atom. The smallest absolute Gasteiger partial charge is 0.323 e. The summed E-state index contributed by atoms with van der Waals surface area (Å²) in [7, 11) is 0. The van der Waals surface area contributed by atoms with Gasteiger partial charge in [-0.3, -0.25) is 9.59 Å². The molecular formula is C20H40N4O4. The Kier molecular flexibility index (Phi) is 8.44. The molecule has 2 saturated carbocycles. The summed E-state index contributed by atoms with van der Waals surface area (Å²) in [6.45, 7) is 11.0. The van der Waals surface area contributed by atoms with Crippen molar-refractivity contribution >= 4 is 11.9 Å². The van der Waals surface area contributed by atoms with Crippen molar-refractivity contribution in [3.05, 3.63) is 0 Å². The lowest BCUT2D eigenvalue weighted by molar-refractivity contribution is -0.160. The molecule has 0 aliphatic heterocycles. The average Bonchev–Trinajstić information content (AvgIpc) is 2.44. The van der Waals surface area contributed by atoms with Crippen LogP contribution in [0.15, 0.2) is 0 Å². The van der Waals surface area contributed by atoms with E-state index in [0.717, 1.165) is 25.7 Å². The highest BCUT2D eigenvalue weighted by Crippen LogP contribution is 2.29. The van der Waals surface area contributed by atoms with E-state index in [-0.39, 0.29) is 35.9 Å². The first-order valence-corrected chi connectivity index (χ1v) is 10.1. The molecule has 28 heavy (non-hydrogen) atoms. The summed E-state index contributed by atoms with van der Waals surface area (Å²) in [4.78, 5) is 23.0. The SMILES string of the molecule is CC(C)(C)OC(=O)C(N)C1CC(N)C1.CC(C)(C)OC(=O)C(N)C1CC(N)C1. The Balaban J connectivity index is 0.000000280. The van der Waals surface area contributed by atoms with Crippen molar-refractivity contribution in [1.29, 1.82) is 0 Å². The Hall–Kier alpha value is -1.22. The molecule has 2 unspecified atom stereocenters. The molecule has 0 spiro atoms. The third kappa shape index (κ3) is 8.43. The second kappa shape index (κ2) is 9.52. The maximum Gasteiger partial charge on any atom is 0.323 e. The molecule has 0 amide bonds. The summed E-state index contributed by atoms with van der Waals surface area (Å²) in [6.07, 6.45) is 3.33. The maximum absolute atomic E-state index is 11.5. The summed E-state index contributed by atoms with van der Waals surface area (Å²) in [5, 5.41) is 0. The quantitative estimate of drug-likeness (QED) is 0.504. The zero-order chi connectivity index (χ0) is 21.9. The van der Waals surface area contributed by atoms with E-state index < -0.39 is 23.3 Å². The summed E-state index contributed by atoms with van der Waals surface area (Å²) in [6, 6.07) is -0.579. The van der Waals surface area contributed by atoms with Crippen molar-refractivity contribution in [2.75, 3.05) is 0 Å². The van der Waals surface area contributed by atoms with Gasteiger partial charge in [-0.25, -0.2) is 0 Å². The lowest BCUT2D eigenvalue weighted by atomic mass is 9.76.